The number of alkyl halides is 1. The van der Waals surface area contributed by atoms with E-state index >= 15 is 0 Å². The average molecular weight is 255 g/mol. The number of hydrogen-bond donors (Lipinski definition) is 0. The van der Waals surface area contributed by atoms with Crippen molar-refractivity contribution in [3.05, 3.63) is 59.2 Å². The van der Waals surface area contributed by atoms with Crippen molar-refractivity contribution < 1.29 is 4.74 Å². The van der Waals surface area contributed by atoms with E-state index < -0.39 is 5.06 Å². The van der Waals surface area contributed by atoms with Gasteiger partial charge in [-0.3, -0.25) is 0 Å². The van der Waals surface area contributed by atoms with E-state index in [9.17, 15) is 0 Å². The van der Waals surface area contributed by atoms with Crippen LogP contribution in [0, 0.1) is 0 Å². The summed E-state index contributed by atoms with van der Waals surface area (Å²) >= 11 is 12.6. The van der Waals surface area contributed by atoms with Crippen molar-refractivity contribution in [2.45, 2.75) is 11.0 Å². The van der Waals surface area contributed by atoms with Crippen LogP contribution in [-0.2, 0) is 4.74 Å². The first-order valence-electron chi connectivity index (χ1n) is 5.02. The summed E-state index contributed by atoms with van der Waals surface area (Å²) in [5, 5.41) is -0.144. The number of rotatable bonds is 2. The van der Waals surface area contributed by atoms with Gasteiger partial charge in [0.15, 0.2) is 5.06 Å². The molecular weight excluding hydrogens is 243 g/mol. The molecule has 0 N–H and O–H groups in total. The summed E-state index contributed by atoms with van der Waals surface area (Å²) in [7, 11) is 1.60. The highest BCUT2D eigenvalue weighted by Gasteiger charge is 2.36. The first kappa shape index (κ1) is 11.7. The van der Waals surface area contributed by atoms with Crippen LogP contribution in [0.15, 0.2) is 48.6 Å². The zero-order chi connectivity index (χ0) is 11.6. The van der Waals surface area contributed by atoms with Gasteiger partial charge in [0.2, 0.25) is 0 Å². The maximum atomic E-state index is 6.41. The molecule has 1 aliphatic rings. The average Bonchev–Trinajstić information content (AvgIpc) is 2.31. The van der Waals surface area contributed by atoms with Gasteiger partial charge in [-0.1, -0.05) is 59.6 Å². The Morgan fingerprint density at radius 3 is 2.69 bits per heavy atom. The van der Waals surface area contributed by atoms with Crippen LogP contribution in [0.4, 0.5) is 0 Å². The fraction of sp³-hybridized carbons (Fsp3) is 0.231. The summed E-state index contributed by atoms with van der Waals surface area (Å²) in [6, 6.07) is 7.67. The van der Waals surface area contributed by atoms with Crippen LogP contribution in [0.2, 0.25) is 5.02 Å². The maximum absolute atomic E-state index is 6.41. The van der Waals surface area contributed by atoms with Gasteiger partial charge in [-0.15, -0.1) is 0 Å². The third kappa shape index (κ3) is 2.03. The van der Waals surface area contributed by atoms with Gasteiger partial charge in [-0.25, -0.2) is 0 Å². The molecule has 0 heterocycles. The number of ether oxygens (including phenoxy) is 1. The predicted octanol–water partition coefficient (Wildman–Crippen LogP) is 4.13. The third-order valence-electron chi connectivity index (χ3n) is 2.72. The molecule has 0 radical (unpaired) electrons. The molecule has 0 aromatic heterocycles. The Labute approximate surface area is 105 Å². The molecule has 0 bridgehead atoms. The van der Waals surface area contributed by atoms with E-state index in [1.54, 1.807) is 7.11 Å². The van der Waals surface area contributed by atoms with E-state index in [4.69, 9.17) is 27.9 Å². The molecule has 1 aromatic rings. The van der Waals surface area contributed by atoms with Gasteiger partial charge in [0.25, 0.3) is 0 Å². The van der Waals surface area contributed by atoms with Crippen LogP contribution in [0.1, 0.15) is 11.5 Å². The van der Waals surface area contributed by atoms with E-state index in [1.165, 1.54) is 0 Å². The van der Waals surface area contributed by atoms with E-state index in [0.29, 0.717) is 5.02 Å². The second kappa shape index (κ2) is 4.62. The topological polar surface area (TPSA) is 9.23 Å². The first-order chi connectivity index (χ1) is 7.67. The molecule has 2 atom stereocenters. The van der Waals surface area contributed by atoms with Crippen LogP contribution in [0.25, 0.3) is 0 Å². The molecule has 0 aliphatic heterocycles. The number of hydrogen-bond acceptors (Lipinski definition) is 1. The molecular formula is C13H12Cl2O. The molecule has 0 saturated carbocycles. The van der Waals surface area contributed by atoms with E-state index in [1.807, 2.05) is 48.6 Å². The Balaban J connectivity index is 2.44. The Bertz CT molecular complexity index is 439. The van der Waals surface area contributed by atoms with Crippen LogP contribution in [0.3, 0.4) is 0 Å². The van der Waals surface area contributed by atoms with Crippen LogP contribution in [0.5, 0.6) is 0 Å². The molecule has 2 unspecified atom stereocenters. The molecule has 0 spiro atoms. The molecule has 0 fully saturated rings. The summed E-state index contributed by atoms with van der Waals surface area (Å²) < 4.78 is 5.37. The molecule has 0 amide bonds. The Kier molecular flexibility index (Phi) is 3.38. The summed E-state index contributed by atoms with van der Waals surface area (Å²) in [5.41, 5.74) is 0.974. The second-order valence-corrected chi connectivity index (χ2v) is 4.64. The minimum absolute atomic E-state index is 0.0714. The lowest BCUT2D eigenvalue weighted by atomic mass is 9.89. The predicted molar refractivity (Wildman–Crippen MR) is 68.1 cm³/mol. The third-order valence-corrected chi connectivity index (χ3v) is 3.57. The number of benzene rings is 1. The Morgan fingerprint density at radius 2 is 2.00 bits per heavy atom. The molecule has 1 aliphatic carbocycles. The zero-order valence-corrected chi connectivity index (χ0v) is 10.4. The van der Waals surface area contributed by atoms with Crippen LogP contribution >= 0.6 is 23.2 Å². The normalized spacial score (nSPS) is 28.3. The van der Waals surface area contributed by atoms with Gasteiger partial charge in [-0.05, 0) is 17.7 Å². The van der Waals surface area contributed by atoms with Gasteiger partial charge in [0.1, 0.15) is 0 Å². The quantitative estimate of drug-likeness (QED) is 0.722. The number of methoxy groups -OCH3 is 1. The minimum atomic E-state index is -0.847. The van der Waals surface area contributed by atoms with Gasteiger partial charge in [0, 0.05) is 12.1 Å². The largest absolute Gasteiger partial charge is 0.358 e. The molecule has 84 valence electrons. The van der Waals surface area contributed by atoms with Crippen molar-refractivity contribution in [3.8, 4) is 0 Å². The molecule has 2 rings (SSSR count). The Hall–Kier alpha value is -0.760. The summed E-state index contributed by atoms with van der Waals surface area (Å²) in [6.07, 6.45) is 7.66. The van der Waals surface area contributed by atoms with Crippen LogP contribution < -0.4 is 0 Å². The van der Waals surface area contributed by atoms with E-state index in [-0.39, 0.29) is 5.92 Å². The van der Waals surface area contributed by atoms with Gasteiger partial charge >= 0.3 is 0 Å². The lowest BCUT2D eigenvalue weighted by Crippen LogP contribution is -2.30. The number of allylic oxidation sites excluding steroid dienone is 2. The molecule has 1 aromatic carbocycles. The standard InChI is InChI=1S/C13H12Cl2O/c1-16-13(15)9-5-4-7-11(13)10-6-2-3-8-12(10)14/h2-9,11H,1H3. The van der Waals surface area contributed by atoms with E-state index in [0.717, 1.165) is 5.56 Å². The van der Waals surface area contributed by atoms with Crippen molar-refractivity contribution in [2.24, 2.45) is 0 Å². The monoisotopic (exact) mass is 254 g/mol. The van der Waals surface area contributed by atoms with Crippen LogP contribution in [-0.4, -0.2) is 12.2 Å². The smallest absolute Gasteiger partial charge is 0.170 e. The van der Waals surface area contributed by atoms with Crippen molar-refractivity contribution in [1.82, 2.24) is 0 Å². The zero-order valence-electron chi connectivity index (χ0n) is 8.86. The first-order valence-corrected chi connectivity index (χ1v) is 5.77. The minimum Gasteiger partial charge on any atom is -0.358 e. The summed E-state index contributed by atoms with van der Waals surface area (Å²) in [4.78, 5) is 0. The summed E-state index contributed by atoms with van der Waals surface area (Å²) in [6.45, 7) is 0. The molecule has 3 heteroatoms. The molecule has 0 saturated heterocycles. The van der Waals surface area contributed by atoms with Crippen molar-refractivity contribution in [2.75, 3.05) is 7.11 Å². The van der Waals surface area contributed by atoms with Crippen molar-refractivity contribution in [3.63, 3.8) is 0 Å². The molecule has 16 heavy (non-hydrogen) atoms. The fourth-order valence-electron chi connectivity index (χ4n) is 1.83. The highest BCUT2D eigenvalue weighted by molar-refractivity contribution is 6.31. The highest BCUT2D eigenvalue weighted by atomic mass is 35.5. The van der Waals surface area contributed by atoms with Gasteiger partial charge < -0.3 is 4.74 Å². The van der Waals surface area contributed by atoms with Gasteiger partial charge in [-0.2, -0.15) is 0 Å². The summed E-state index contributed by atoms with van der Waals surface area (Å²) in [5.74, 6) is -0.0714. The Morgan fingerprint density at radius 1 is 1.25 bits per heavy atom. The maximum Gasteiger partial charge on any atom is 0.170 e. The fourth-order valence-corrected chi connectivity index (χ4v) is 2.35. The second-order valence-electron chi connectivity index (χ2n) is 3.65. The lowest BCUT2D eigenvalue weighted by molar-refractivity contribution is 0.0912. The SMILES string of the molecule is COC1(Cl)C=CC=CC1c1ccccc1Cl. The highest BCUT2D eigenvalue weighted by Crippen LogP contribution is 2.41. The molecule has 1 nitrogen and oxygen atoms in total. The van der Waals surface area contributed by atoms with Crippen molar-refractivity contribution in [1.29, 1.82) is 0 Å². The van der Waals surface area contributed by atoms with Crippen molar-refractivity contribution >= 4 is 23.2 Å². The lowest BCUT2D eigenvalue weighted by Gasteiger charge is -2.32. The van der Waals surface area contributed by atoms with Gasteiger partial charge in [0.05, 0.1) is 5.92 Å². The van der Waals surface area contributed by atoms with E-state index in [2.05, 4.69) is 0 Å². The number of halogens is 2.